The second kappa shape index (κ2) is 8.50. The van der Waals surface area contributed by atoms with Gasteiger partial charge in [-0.2, -0.15) is 0 Å². The van der Waals surface area contributed by atoms with Crippen LogP contribution in [0, 0.1) is 10.1 Å². The monoisotopic (exact) mass is 452 g/mol. The molecule has 1 amide bonds. The molecule has 0 spiro atoms. The highest BCUT2D eigenvalue weighted by molar-refractivity contribution is 7.80. The molecule has 0 bridgehead atoms. The molecule has 0 unspecified atom stereocenters. The molecular formula is C21H13ClN4O4S. The molecule has 0 saturated carbocycles. The second-order valence-electron chi connectivity index (χ2n) is 6.36. The van der Waals surface area contributed by atoms with Gasteiger partial charge in [0.05, 0.1) is 15.5 Å². The molecule has 1 aromatic heterocycles. The molecule has 31 heavy (non-hydrogen) atoms. The zero-order valence-corrected chi connectivity index (χ0v) is 17.2. The van der Waals surface area contributed by atoms with Crippen LogP contribution >= 0.6 is 23.8 Å². The maximum absolute atomic E-state index is 12.4. The van der Waals surface area contributed by atoms with Crippen molar-refractivity contribution in [1.82, 2.24) is 10.3 Å². The number of nitrogens with zero attached hydrogens (tertiary/aromatic N) is 2. The molecule has 8 nitrogen and oxygen atoms in total. The first kappa shape index (κ1) is 20.5. The highest BCUT2D eigenvalue weighted by Crippen LogP contribution is 2.30. The molecule has 1 heterocycles. The second-order valence-corrected chi connectivity index (χ2v) is 7.18. The maximum atomic E-state index is 12.4. The van der Waals surface area contributed by atoms with E-state index in [-0.39, 0.29) is 16.4 Å². The molecule has 0 fully saturated rings. The standard InChI is InChI=1S/C21H13ClN4O4S/c22-15-7-3-1-5-13(15)20-24-16-11-12(9-10-18(16)30-20)23-21(31)25-19(27)14-6-2-4-8-17(14)26(28)29/h1-11H,(H2,23,25,27,31). The van der Waals surface area contributed by atoms with Crippen molar-refractivity contribution in [2.24, 2.45) is 0 Å². The molecule has 0 radical (unpaired) electrons. The predicted octanol–water partition coefficient (Wildman–Crippen LogP) is 5.18. The number of anilines is 1. The number of benzene rings is 3. The van der Waals surface area contributed by atoms with Crippen LogP contribution in [0.4, 0.5) is 11.4 Å². The normalized spacial score (nSPS) is 10.6. The molecule has 4 rings (SSSR count). The molecule has 2 N–H and O–H groups in total. The lowest BCUT2D eigenvalue weighted by molar-refractivity contribution is -0.385. The minimum atomic E-state index is -0.687. The lowest BCUT2D eigenvalue weighted by Crippen LogP contribution is -2.34. The Kier molecular flexibility index (Phi) is 5.61. The number of halogens is 1. The lowest BCUT2D eigenvalue weighted by atomic mass is 10.1. The SMILES string of the molecule is O=C(NC(=S)Nc1ccc2oc(-c3ccccc3Cl)nc2c1)c1ccccc1[N+](=O)[O-]. The Morgan fingerprint density at radius 3 is 2.61 bits per heavy atom. The number of nitro groups is 1. The summed E-state index contributed by atoms with van der Waals surface area (Å²) in [4.78, 5) is 27.3. The summed E-state index contributed by atoms with van der Waals surface area (Å²) in [7, 11) is 0. The van der Waals surface area contributed by atoms with Crippen LogP contribution in [0.15, 0.2) is 71.1 Å². The summed E-state index contributed by atoms with van der Waals surface area (Å²) in [6, 6.07) is 17.9. The van der Waals surface area contributed by atoms with Gasteiger partial charge < -0.3 is 9.73 Å². The van der Waals surface area contributed by atoms with E-state index < -0.39 is 10.8 Å². The molecular weight excluding hydrogens is 440 g/mol. The van der Waals surface area contributed by atoms with Crippen LogP contribution < -0.4 is 10.6 Å². The molecule has 0 aliphatic heterocycles. The van der Waals surface area contributed by atoms with Crippen LogP contribution in [-0.4, -0.2) is 20.9 Å². The largest absolute Gasteiger partial charge is 0.436 e. The first-order chi connectivity index (χ1) is 14.9. The van der Waals surface area contributed by atoms with Gasteiger partial charge in [0.25, 0.3) is 11.6 Å². The average molecular weight is 453 g/mol. The van der Waals surface area contributed by atoms with Crippen molar-refractivity contribution in [3.8, 4) is 11.5 Å². The van der Waals surface area contributed by atoms with E-state index in [1.165, 1.54) is 24.3 Å². The van der Waals surface area contributed by atoms with Gasteiger partial charge >= 0.3 is 0 Å². The van der Waals surface area contributed by atoms with Crippen LogP contribution in [0.25, 0.3) is 22.6 Å². The van der Waals surface area contributed by atoms with Crippen molar-refractivity contribution in [3.63, 3.8) is 0 Å². The van der Waals surface area contributed by atoms with E-state index in [1.807, 2.05) is 12.1 Å². The van der Waals surface area contributed by atoms with Crippen LogP contribution in [0.2, 0.25) is 5.02 Å². The number of hydrogen-bond acceptors (Lipinski definition) is 6. The van der Waals surface area contributed by atoms with Crippen molar-refractivity contribution in [3.05, 3.63) is 87.4 Å². The van der Waals surface area contributed by atoms with Gasteiger partial charge in [-0.1, -0.05) is 35.9 Å². The van der Waals surface area contributed by atoms with Crippen molar-refractivity contribution < 1.29 is 14.1 Å². The van der Waals surface area contributed by atoms with Gasteiger partial charge in [-0.3, -0.25) is 20.2 Å². The van der Waals surface area contributed by atoms with E-state index in [1.54, 1.807) is 30.3 Å². The van der Waals surface area contributed by atoms with Gasteiger partial charge in [-0.15, -0.1) is 0 Å². The summed E-state index contributed by atoms with van der Waals surface area (Å²) in [5, 5.41) is 16.9. The highest BCUT2D eigenvalue weighted by atomic mass is 35.5. The van der Waals surface area contributed by atoms with Gasteiger partial charge in [-0.05, 0) is 48.6 Å². The molecule has 0 aliphatic carbocycles. The Hall–Kier alpha value is -3.82. The molecule has 10 heteroatoms. The topological polar surface area (TPSA) is 110 Å². The summed E-state index contributed by atoms with van der Waals surface area (Å²) >= 11 is 11.4. The van der Waals surface area contributed by atoms with Crippen LogP contribution in [0.5, 0.6) is 0 Å². The van der Waals surface area contributed by atoms with E-state index in [4.69, 9.17) is 28.2 Å². The molecule has 0 saturated heterocycles. The summed E-state index contributed by atoms with van der Waals surface area (Å²) in [6.45, 7) is 0. The third-order valence-corrected chi connectivity index (χ3v) is 4.86. The fraction of sp³-hybridized carbons (Fsp3) is 0. The Morgan fingerprint density at radius 1 is 1.10 bits per heavy atom. The number of thiocarbonyl (C=S) groups is 1. The lowest BCUT2D eigenvalue weighted by Gasteiger charge is -2.09. The minimum absolute atomic E-state index is 0.0164. The quantitative estimate of drug-likeness (QED) is 0.249. The molecule has 3 aromatic carbocycles. The smallest absolute Gasteiger partial charge is 0.282 e. The fourth-order valence-electron chi connectivity index (χ4n) is 2.91. The van der Waals surface area contributed by atoms with Gasteiger partial charge in [0, 0.05) is 11.8 Å². The first-order valence-corrected chi connectivity index (χ1v) is 9.72. The Morgan fingerprint density at radius 2 is 1.84 bits per heavy atom. The van der Waals surface area contributed by atoms with Crippen molar-refractivity contribution in [2.45, 2.75) is 0 Å². The molecule has 0 aliphatic rings. The Balaban J connectivity index is 1.51. The summed E-state index contributed by atoms with van der Waals surface area (Å²) < 4.78 is 5.76. The van der Waals surface area contributed by atoms with E-state index in [9.17, 15) is 14.9 Å². The number of rotatable bonds is 4. The average Bonchev–Trinajstić information content (AvgIpc) is 3.17. The zero-order chi connectivity index (χ0) is 22.0. The van der Waals surface area contributed by atoms with Gasteiger partial charge in [0.1, 0.15) is 11.1 Å². The first-order valence-electron chi connectivity index (χ1n) is 8.93. The summed E-state index contributed by atoms with van der Waals surface area (Å²) in [5.74, 6) is -0.307. The molecule has 154 valence electrons. The van der Waals surface area contributed by atoms with Crippen LogP contribution in [0.3, 0.4) is 0 Å². The Labute approximate surface area is 186 Å². The number of para-hydroxylation sites is 1. The highest BCUT2D eigenvalue weighted by Gasteiger charge is 2.20. The van der Waals surface area contributed by atoms with E-state index >= 15 is 0 Å². The summed E-state index contributed by atoms with van der Waals surface area (Å²) in [6.07, 6.45) is 0. The number of oxazole rings is 1. The van der Waals surface area contributed by atoms with Crippen molar-refractivity contribution >= 4 is 57.3 Å². The van der Waals surface area contributed by atoms with Crippen LogP contribution in [-0.2, 0) is 0 Å². The third kappa shape index (κ3) is 4.37. The predicted molar refractivity (Wildman–Crippen MR) is 121 cm³/mol. The fourth-order valence-corrected chi connectivity index (χ4v) is 3.34. The van der Waals surface area contributed by atoms with Gasteiger partial charge in [-0.25, -0.2) is 4.98 Å². The number of amides is 1. The number of nitrogens with one attached hydrogen (secondary N) is 2. The third-order valence-electron chi connectivity index (χ3n) is 4.32. The van der Waals surface area contributed by atoms with E-state index in [0.717, 1.165) is 0 Å². The number of aromatic nitrogens is 1. The molecule has 4 aromatic rings. The number of fused-ring (bicyclic) bond motifs is 1. The molecule has 0 atom stereocenters. The minimum Gasteiger partial charge on any atom is -0.436 e. The number of nitro benzene ring substituents is 1. The van der Waals surface area contributed by atoms with E-state index in [2.05, 4.69) is 15.6 Å². The number of carbonyl (C=O) groups is 1. The van der Waals surface area contributed by atoms with Gasteiger partial charge in [0.15, 0.2) is 10.7 Å². The number of carbonyl (C=O) groups excluding carboxylic acids is 1. The maximum Gasteiger partial charge on any atom is 0.282 e. The van der Waals surface area contributed by atoms with Crippen LogP contribution in [0.1, 0.15) is 10.4 Å². The van der Waals surface area contributed by atoms with Crippen molar-refractivity contribution in [2.75, 3.05) is 5.32 Å². The summed E-state index contributed by atoms with van der Waals surface area (Å²) in [5.41, 5.74) is 1.94. The van der Waals surface area contributed by atoms with E-state index in [0.29, 0.717) is 33.3 Å². The van der Waals surface area contributed by atoms with Crippen molar-refractivity contribution in [1.29, 1.82) is 0 Å². The zero-order valence-electron chi connectivity index (χ0n) is 15.7. The number of hydrogen-bond donors (Lipinski definition) is 2. The van der Waals surface area contributed by atoms with Gasteiger partial charge in [0.2, 0.25) is 5.89 Å². The Bertz CT molecular complexity index is 1340.